The molecule has 174 valence electrons. The van der Waals surface area contributed by atoms with Gasteiger partial charge in [-0.25, -0.2) is 4.85 Å². The van der Waals surface area contributed by atoms with Crippen LogP contribution < -0.4 is 4.74 Å². The molecule has 0 N–H and O–H groups in total. The van der Waals surface area contributed by atoms with Crippen molar-refractivity contribution in [1.29, 1.82) is 0 Å². The molecule has 2 heterocycles. The number of hydrogen-bond donors (Lipinski definition) is 0. The first kappa shape index (κ1) is 21.0. The highest BCUT2D eigenvalue weighted by molar-refractivity contribution is 6.22. The van der Waals surface area contributed by atoms with Crippen molar-refractivity contribution >= 4 is 38.5 Å². The van der Waals surface area contributed by atoms with Crippen LogP contribution in [-0.2, 0) is 0 Å². The van der Waals surface area contributed by atoms with Crippen LogP contribution in [0.4, 0.5) is 5.69 Å². The fourth-order valence-corrected chi connectivity index (χ4v) is 5.22. The molecule has 0 amide bonds. The topological polar surface area (TPSA) is 23.4 Å². The predicted molar refractivity (Wildman–Crippen MR) is 150 cm³/mol. The van der Waals surface area contributed by atoms with Gasteiger partial charge in [0, 0.05) is 21.8 Å². The van der Waals surface area contributed by atoms with Crippen LogP contribution in [0.1, 0.15) is 0 Å². The summed E-state index contributed by atoms with van der Waals surface area (Å²) < 4.78 is 11.1. The minimum atomic E-state index is 0.589. The minimum absolute atomic E-state index is 0.589. The van der Waals surface area contributed by atoms with E-state index >= 15 is 0 Å². The van der Waals surface area contributed by atoms with Crippen molar-refractivity contribution in [2.75, 3.05) is 0 Å². The predicted octanol–water partition coefficient (Wildman–Crippen LogP) is 9.07. The molecule has 0 aliphatic heterocycles. The summed E-state index contributed by atoms with van der Waals surface area (Å²) in [5.41, 5.74) is 6.00. The van der Waals surface area contributed by atoms with Gasteiger partial charge in [-0.05, 0) is 48.5 Å². The molecule has 0 saturated heterocycles. The summed E-state index contributed by atoms with van der Waals surface area (Å²) in [7, 11) is 0. The summed E-state index contributed by atoms with van der Waals surface area (Å²) in [5, 5.41) is 3.62. The van der Waals surface area contributed by atoms with E-state index < -0.39 is 0 Å². The average Bonchev–Trinajstić information content (AvgIpc) is 3.47. The lowest BCUT2D eigenvalue weighted by Gasteiger charge is -2.16. The molecule has 0 bridgehead atoms. The highest BCUT2D eigenvalue weighted by atomic mass is 16.5. The Balaban J connectivity index is 1.57. The molecule has 2 aromatic heterocycles. The number of ether oxygens (including phenoxy) is 1. The van der Waals surface area contributed by atoms with Crippen LogP contribution in [0.15, 0.2) is 127 Å². The first-order valence-electron chi connectivity index (χ1n) is 12.2. The quantitative estimate of drug-likeness (QED) is 0.233. The lowest BCUT2D eigenvalue weighted by Crippen LogP contribution is -2.03. The molecule has 0 fully saturated rings. The maximum atomic E-state index is 7.23. The molecule has 0 radical (unpaired) electrons. The molecular formula is C33H21N3O. The second kappa shape index (κ2) is 8.44. The minimum Gasteiger partial charge on any atom is -0.455 e. The zero-order valence-electron chi connectivity index (χ0n) is 19.9. The van der Waals surface area contributed by atoms with Gasteiger partial charge >= 0.3 is 0 Å². The largest absolute Gasteiger partial charge is 0.455 e. The number of rotatable bonds is 4. The molecule has 7 rings (SSSR count). The summed E-state index contributed by atoms with van der Waals surface area (Å²) in [6, 6.07) is 43.0. The average molecular weight is 476 g/mol. The Hall–Kier alpha value is -5.27. The monoisotopic (exact) mass is 475 g/mol. The van der Waals surface area contributed by atoms with Crippen molar-refractivity contribution in [2.24, 2.45) is 0 Å². The Morgan fingerprint density at radius 2 is 1.16 bits per heavy atom. The van der Waals surface area contributed by atoms with E-state index in [-0.39, 0.29) is 0 Å². The standard InChI is InChI=1S/C33H21N3O/c1-34-23-19-21-25(22-20-23)37-31-18-10-9-17-30(31)36-29-16-8-6-14-27(29)32-26-13-5-7-15-28(26)35(33(32)36)24-11-3-2-4-12-24/h2-22H. The van der Waals surface area contributed by atoms with Gasteiger partial charge < -0.3 is 4.74 Å². The summed E-state index contributed by atoms with van der Waals surface area (Å²) in [6.07, 6.45) is 0. The molecule has 4 nitrogen and oxygen atoms in total. The molecular weight excluding hydrogens is 454 g/mol. The van der Waals surface area contributed by atoms with Crippen molar-refractivity contribution in [2.45, 2.75) is 0 Å². The molecule has 0 atom stereocenters. The zero-order chi connectivity index (χ0) is 24.8. The highest BCUT2D eigenvalue weighted by Gasteiger charge is 2.23. The van der Waals surface area contributed by atoms with E-state index in [4.69, 9.17) is 11.3 Å². The summed E-state index contributed by atoms with van der Waals surface area (Å²) in [4.78, 5) is 3.49. The molecule has 0 unspecified atom stereocenters. The molecule has 4 heteroatoms. The summed E-state index contributed by atoms with van der Waals surface area (Å²) >= 11 is 0. The molecule has 37 heavy (non-hydrogen) atoms. The fourth-order valence-electron chi connectivity index (χ4n) is 5.22. The molecule has 5 aromatic carbocycles. The first-order valence-corrected chi connectivity index (χ1v) is 12.2. The van der Waals surface area contributed by atoms with Gasteiger partial charge in [-0.3, -0.25) is 9.13 Å². The normalized spacial score (nSPS) is 11.2. The van der Waals surface area contributed by atoms with Crippen LogP contribution in [0.2, 0.25) is 0 Å². The number of para-hydroxylation sites is 5. The van der Waals surface area contributed by atoms with Crippen LogP contribution in [0.3, 0.4) is 0 Å². The lowest BCUT2D eigenvalue weighted by atomic mass is 10.1. The summed E-state index contributed by atoms with van der Waals surface area (Å²) in [6.45, 7) is 7.23. The van der Waals surface area contributed by atoms with E-state index in [0.29, 0.717) is 11.4 Å². The third-order valence-electron chi connectivity index (χ3n) is 6.79. The van der Waals surface area contributed by atoms with Gasteiger partial charge in [0.05, 0.1) is 23.3 Å². The molecule has 0 aliphatic carbocycles. The van der Waals surface area contributed by atoms with Crippen LogP contribution in [-0.4, -0.2) is 9.13 Å². The van der Waals surface area contributed by atoms with E-state index in [1.54, 1.807) is 12.1 Å². The van der Waals surface area contributed by atoms with Crippen LogP contribution >= 0.6 is 0 Å². The third kappa shape index (κ3) is 3.30. The van der Waals surface area contributed by atoms with Crippen LogP contribution in [0.25, 0.3) is 49.1 Å². The van der Waals surface area contributed by atoms with Gasteiger partial charge in [0.15, 0.2) is 11.4 Å². The number of hydrogen-bond acceptors (Lipinski definition) is 1. The summed E-state index contributed by atoms with van der Waals surface area (Å²) in [5.74, 6) is 1.43. The van der Waals surface area contributed by atoms with Crippen molar-refractivity contribution in [3.05, 3.63) is 139 Å². The van der Waals surface area contributed by atoms with Crippen LogP contribution in [0, 0.1) is 6.57 Å². The van der Waals surface area contributed by atoms with Crippen molar-refractivity contribution in [3.8, 4) is 22.9 Å². The second-order valence-corrected chi connectivity index (χ2v) is 8.91. The van der Waals surface area contributed by atoms with E-state index in [9.17, 15) is 0 Å². The number of fused-ring (bicyclic) bond motifs is 5. The Labute approximate surface area is 214 Å². The Morgan fingerprint density at radius 3 is 1.86 bits per heavy atom. The Kier molecular flexibility index (Phi) is 4.80. The number of nitrogens with zero attached hydrogens (tertiary/aromatic N) is 3. The van der Waals surface area contributed by atoms with Gasteiger partial charge in [0.1, 0.15) is 11.4 Å². The van der Waals surface area contributed by atoms with E-state index in [1.165, 1.54) is 16.2 Å². The van der Waals surface area contributed by atoms with Crippen LogP contribution in [0.5, 0.6) is 11.5 Å². The zero-order valence-corrected chi connectivity index (χ0v) is 19.9. The van der Waals surface area contributed by atoms with Gasteiger partial charge in [-0.15, -0.1) is 0 Å². The lowest BCUT2D eigenvalue weighted by molar-refractivity contribution is 0.480. The van der Waals surface area contributed by atoms with E-state index in [2.05, 4.69) is 92.8 Å². The van der Waals surface area contributed by atoms with E-state index in [0.717, 1.165) is 33.8 Å². The van der Waals surface area contributed by atoms with Gasteiger partial charge in [-0.1, -0.05) is 78.9 Å². The van der Waals surface area contributed by atoms with Crippen molar-refractivity contribution < 1.29 is 4.74 Å². The van der Waals surface area contributed by atoms with Gasteiger partial charge in [0.2, 0.25) is 0 Å². The van der Waals surface area contributed by atoms with Gasteiger partial charge in [0.25, 0.3) is 0 Å². The highest BCUT2D eigenvalue weighted by Crippen LogP contribution is 2.42. The Morgan fingerprint density at radius 1 is 0.568 bits per heavy atom. The smallest absolute Gasteiger partial charge is 0.187 e. The van der Waals surface area contributed by atoms with Crippen molar-refractivity contribution in [3.63, 3.8) is 0 Å². The maximum Gasteiger partial charge on any atom is 0.187 e. The maximum absolute atomic E-state index is 7.23. The SMILES string of the molecule is [C-]#[N+]c1ccc(Oc2ccccc2-n2c3ccccc3c3c4ccccc4n(-c4ccccc4)c32)cc1. The fraction of sp³-hybridized carbons (Fsp3) is 0. The van der Waals surface area contributed by atoms with Crippen molar-refractivity contribution in [1.82, 2.24) is 9.13 Å². The second-order valence-electron chi connectivity index (χ2n) is 8.91. The van der Waals surface area contributed by atoms with Gasteiger partial charge in [-0.2, -0.15) is 0 Å². The number of benzene rings is 5. The Bertz CT molecular complexity index is 1960. The molecule has 0 aliphatic rings. The molecule has 0 spiro atoms. The molecule has 7 aromatic rings. The van der Waals surface area contributed by atoms with E-state index in [1.807, 2.05) is 36.4 Å². The molecule has 0 saturated carbocycles. The third-order valence-corrected chi connectivity index (χ3v) is 6.79. The number of aromatic nitrogens is 2. The first-order chi connectivity index (χ1) is 18.3.